The second kappa shape index (κ2) is 10.6. The van der Waals surface area contributed by atoms with Crippen molar-refractivity contribution >= 4 is 33.7 Å². The monoisotopic (exact) mass is 490 g/mol. The number of nitrogen functional groups attached to an aromatic ring is 1. The molecule has 0 spiro atoms. The number of rotatable bonds is 10. The van der Waals surface area contributed by atoms with Gasteiger partial charge in [0, 0.05) is 30.6 Å². The average molecular weight is 491 g/mol. The molecule has 6 N–H and O–H groups in total. The van der Waals surface area contributed by atoms with E-state index in [0.29, 0.717) is 62.0 Å². The maximum Gasteiger partial charge on any atom is 0.251 e. The first-order valence-electron chi connectivity index (χ1n) is 12.1. The molecule has 4 rings (SSSR count). The number of benzene rings is 2. The number of aliphatic hydroxyl groups is 1. The molecule has 190 valence electrons. The van der Waals surface area contributed by atoms with Crippen LogP contribution in [0.15, 0.2) is 42.5 Å². The first-order chi connectivity index (χ1) is 17.2. The fraction of sp³-hybridized carbons (Fsp3) is 0.370. The Morgan fingerprint density at radius 1 is 1.17 bits per heavy atom. The minimum absolute atomic E-state index is 0.138. The zero-order valence-electron chi connectivity index (χ0n) is 21.0. The Labute approximate surface area is 210 Å². The SMILES string of the molecule is CCOCc1nc2c(N)nc3cc(Cc4cccc(C(=O)NCCN)c4)ccc3c2n1CC(C)(C)O. The summed E-state index contributed by atoms with van der Waals surface area (Å²) in [6.07, 6.45) is 0.631. The summed E-state index contributed by atoms with van der Waals surface area (Å²) in [4.78, 5) is 21.7. The summed E-state index contributed by atoms with van der Waals surface area (Å²) < 4.78 is 7.61. The Morgan fingerprint density at radius 3 is 2.67 bits per heavy atom. The van der Waals surface area contributed by atoms with Gasteiger partial charge in [-0.05, 0) is 56.5 Å². The van der Waals surface area contributed by atoms with E-state index in [1.165, 1.54) is 0 Å². The molecule has 4 aromatic rings. The van der Waals surface area contributed by atoms with Gasteiger partial charge in [-0.2, -0.15) is 0 Å². The summed E-state index contributed by atoms with van der Waals surface area (Å²) in [6.45, 7) is 7.49. The fourth-order valence-corrected chi connectivity index (χ4v) is 4.32. The lowest BCUT2D eigenvalue weighted by atomic mass is 10.0. The maximum atomic E-state index is 12.3. The maximum absolute atomic E-state index is 12.3. The number of nitrogens with two attached hydrogens (primary N) is 2. The molecule has 0 atom stereocenters. The number of hydrogen-bond donors (Lipinski definition) is 4. The summed E-state index contributed by atoms with van der Waals surface area (Å²) in [6, 6.07) is 13.6. The predicted octanol–water partition coefficient (Wildman–Crippen LogP) is 2.75. The van der Waals surface area contributed by atoms with Gasteiger partial charge in [-0.25, -0.2) is 9.97 Å². The zero-order valence-corrected chi connectivity index (χ0v) is 21.0. The van der Waals surface area contributed by atoms with E-state index >= 15 is 0 Å². The van der Waals surface area contributed by atoms with E-state index in [0.717, 1.165) is 27.5 Å². The number of ether oxygens (including phenoxy) is 1. The molecule has 0 fully saturated rings. The third-order valence-corrected chi connectivity index (χ3v) is 5.86. The van der Waals surface area contributed by atoms with Crippen LogP contribution in [0.2, 0.25) is 0 Å². The van der Waals surface area contributed by atoms with Crippen LogP contribution in [0.4, 0.5) is 5.82 Å². The molecular weight excluding hydrogens is 456 g/mol. The van der Waals surface area contributed by atoms with Gasteiger partial charge in [-0.1, -0.05) is 24.3 Å². The Bertz CT molecular complexity index is 1390. The lowest BCUT2D eigenvalue weighted by molar-refractivity contribution is 0.0582. The molecule has 9 nitrogen and oxygen atoms in total. The predicted molar refractivity (Wildman–Crippen MR) is 142 cm³/mol. The molecule has 0 saturated carbocycles. The molecule has 9 heteroatoms. The largest absolute Gasteiger partial charge is 0.389 e. The van der Waals surface area contributed by atoms with Gasteiger partial charge in [-0.3, -0.25) is 4.79 Å². The molecule has 36 heavy (non-hydrogen) atoms. The van der Waals surface area contributed by atoms with Gasteiger partial charge < -0.3 is 31.2 Å². The molecule has 0 unspecified atom stereocenters. The Morgan fingerprint density at radius 2 is 1.94 bits per heavy atom. The Hall–Kier alpha value is -3.53. The number of aromatic nitrogens is 3. The summed E-state index contributed by atoms with van der Waals surface area (Å²) in [5, 5.41) is 14.3. The van der Waals surface area contributed by atoms with Crippen LogP contribution in [0.5, 0.6) is 0 Å². The Kier molecular flexibility index (Phi) is 7.53. The minimum Gasteiger partial charge on any atom is -0.389 e. The highest BCUT2D eigenvalue weighted by Crippen LogP contribution is 2.31. The molecule has 0 saturated heterocycles. The Balaban J connectivity index is 1.73. The number of carbonyl (C=O) groups is 1. The van der Waals surface area contributed by atoms with Crippen molar-refractivity contribution in [1.29, 1.82) is 0 Å². The first kappa shape index (κ1) is 25.6. The second-order valence-corrected chi connectivity index (χ2v) is 9.53. The van der Waals surface area contributed by atoms with E-state index < -0.39 is 5.60 Å². The number of amides is 1. The van der Waals surface area contributed by atoms with Crippen molar-refractivity contribution in [3.63, 3.8) is 0 Å². The number of nitrogens with one attached hydrogen (secondary N) is 1. The van der Waals surface area contributed by atoms with Crippen LogP contribution in [0.25, 0.3) is 21.9 Å². The number of hydrogen-bond acceptors (Lipinski definition) is 7. The van der Waals surface area contributed by atoms with Crippen LogP contribution >= 0.6 is 0 Å². The molecule has 0 radical (unpaired) electrons. The molecule has 2 heterocycles. The van der Waals surface area contributed by atoms with Gasteiger partial charge in [0.15, 0.2) is 5.82 Å². The van der Waals surface area contributed by atoms with E-state index in [2.05, 4.69) is 10.3 Å². The lowest BCUT2D eigenvalue weighted by Crippen LogP contribution is -2.29. The minimum atomic E-state index is -0.958. The third kappa shape index (κ3) is 5.64. The van der Waals surface area contributed by atoms with E-state index in [1.54, 1.807) is 19.9 Å². The normalized spacial score (nSPS) is 11.9. The number of fused-ring (bicyclic) bond motifs is 3. The van der Waals surface area contributed by atoms with Gasteiger partial charge >= 0.3 is 0 Å². The summed E-state index contributed by atoms with van der Waals surface area (Å²) in [5.41, 5.74) is 15.7. The molecule has 2 aromatic carbocycles. The molecule has 2 aromatic heterocycles. The summed E-state index contributed by atoms with van der Waals surface area (Å²) in [5.74, 6) is 0.893. The van der Waals surface area contributed by atoms with Gasteiger partial charge in [0.25, 0.3) is 5.91 Å². The number of carbonyl (C=O) groups excluding carboxylic acids is 1. The fourth-order valence-electron chi connectivity index (χ4n) is 4.32. The molecular formula is C27H34N6O3. The van der Waals surface area contributed by atoms with Crippen molar-refractivity contribution < 1.29 is 14.6 Å². The molecule has 1 amide bonds. The van der Waals surface area contributed by atoms with Crippen molar-refractivity contribution in [3.05, 3.63) is 65.0 Å². The van der Waals surface area contributed by atoms with Crippen LogP contribution in [0.1, 0.15) is 48.1 Å². The highest BCUT2D eigenvalue weighted by Gasteiger charge is 2.22. The van der Waals surface area contributed by atoms with E-state index in [9.17, 15) is 9.90 Å². The number of imidazole rings is 1. The van der Waals surface area contributed by atoms with E-state index in [-0.39, 0.29) is 5.91 Å². The van der Waals surface area contributed by atoms with Crippen LogP contribution in [0, 0.1) is 0 Å². The quantitative estimate of drug-likeness (QED) is 0.268. The standard InChI is InChI=1S/C27H34N6O3/c1-4-36-15-22-32-23-24(33(22)16-27(2,3)35)20-9-8-18(14-21(20)31-25(23)29)12-17-6-5-7-19(13-17)26(34)30-11-10-28/h5-9,13-14,35H,4,10-12,15-16,28H2,1-3H3,(H2,29,31)(H,30,34). The molecule has 0 aliphatic carbocycles. The third-order valence-electron chi connectivity index (χ3n) is 5.86. The van der Waals surface area contributed by atoms with Crippen molar-refractivity contribution in [2.24, 2.45) is 5.73 Å². The highest BCUT2D eigenvalue weighted by atomic mass is 16.5. The van der Waals surface area contributed by atoms with Crippen molar-refractivity contribution in [2.45, 2.75) is 45.9 Å². The van der Waals surface area contributed by atoms with Gasteiger partial charge in [-0.15, -0.1) is 0 Å². The number of anilines is 1. The molecule has 0 aliphatic heterocycles. The van der Waals surface area contributed by atoms with Crippen molar-refractivity contribution in [2.75, 3.05) is 25.4 Å². The molecule has 0 bridgehead atoms. The van der Waals surface area contributed by atoms with Crippen LogP contribution in [-0.2, 0) is 24.3 Å². The second-order valence-electron chi connectivity index (χ2n) is 9.53. The highest BCUT2D eigenvalue weighted by molar-refractivity contribution is 6.06. The number of pyridine rings is 1. The molecule has 0 aliphatic rings. The van der Waals surface area contributed by atoms with E-state index in [1.807, 2.05) is 47.9 Å². The average Bonchev–Trinajstić information content (AvgIpc) is 3.18. The smallest absolute Gasteiger partial charge is 0.251 e. The van der Waals surface area contributed by atoms with Crippen LogP contribution in [0.3, 0.4) is 0 Å². The lowest BCUT2D eigenvalue weighted by Gasteiger charge is -2.20. The van der Waals surface area contributed by atoms with Crippen molar-refractivity contribution in [1.82, 2.24) is 19.9 Å². The van der Waals surface area contributed by atoms with Gasteiger partial charge in [0.2, 0.25) is 0 Å². The van der Waals surface area contributed by atoms with Crippen LogP contribution < -0.4 is 16.8 Å². The van der Waals surface area contributed by atoms with Gasteiger partial charge in [0.1, 0.15) is 17.9 Å². The van der Waals surface area contributed by atoms with Gasteiger partial charge in [0.05, 0.1) is 23.2 Å². The zero-order chi connectivity index (χ0) is 25.9. The topological polar surface area (TPSA) is 141 Å². The van der Waals surface area contributed by atoms with E-state index in [4.69, 9.17) is 21.2 Å². The summed E-state index contributed by atoms with van der Waals surface area (Å²) in [7, 11) is 0. The first-order valence-corrected chi connectivity index (χ1v) is 12.1. The van der Waals surface area contributed by atoms with Crippen LogP contribution in [-0.4, -0.2) is 50.8 Å². The van der Waals surface area contributed by atoms with Crippen molar-refractivity contribution in [3.8, 4) is 0 Å². The summed E-state index contributed by atoms with van der Waals surface area (Å²) >= 11 is 0. The number of nitrogens with zero attached hydrogens (tertiary/aromatic N) is 3.